The maximum Gasteiger partial charge on any atom is 0.262 e. The molecule has 182 valence electrons. The highest BCUT2D eigenvalue weighted by molar-refractivity contribution is 7.14. The Kier molecular flexibility index (Phi) is 8.56. The summed E-state index contributed by atoms with van der Waals surface area (Å²) < 4.78 is 0. The number of nitriles is 1. The average molecular weight is 502 g/mol. The molecule has 9 heteroatoms. The molecule has 2 aromatic rings. The highest BCUT2D eigenvalue weighted by Crippen LogP contribution is 2.30. The summed E-state index contributed by atoms with van der Waals surface area (Å²) >= 11 is 7.45. The van der Waals surface area contributed by atoms with E-state index < -0.39 is 11.6 Å². The van der Waals surface area contributed by atoms with Crippen LogP contribution < -0.4 is 16.0 Å². The van der Waals surface area contributed by atoms with E-state index in [9.17, 15) is 14.9 Å². The number of hydrogen-bond donors (Lipinski definition) is 3. The van der Waals surface area contributed by atoms with E-state index in [0.717, 1.165) is 41.9 Å². The van der Waals surface area contributed by atoms with Crippen molar-refractivity contribution in [3.8, 4) is 6.07 Å². The van der Waals surface area contributed by atoms with Gasteiger partial charge in [-0.2, -0.15) is 5.26 Å². The van der Waals surface area contributed by atoms with Crippen molar-refractivity contribution < 1.29 is 9.59 Å². The molecule has 1 aliphatic carbocycles. The molecule has 2 atom stereocenters. The number of aromatic nitrogens is 1. The minimum absolute atomic E-state index is 0.0560. The van der Waals surface area contributed by atoms with Gasteiger partial charge in [0.15, 0.2) is 0 Å². The number of nitrogens with zero attached hydrogens (tertiary/aromatic N) is 2. The summed E-state index contributed by atoms with van der Waals surface area (Å²) in [5.74, 6) is -0.196. The first-order chi connectivity index (χ1) is 16.1. The van der Waals surface area contributed by atoms with E-state index in [1.54, 1.807) is 26.1 Å². The summed E-state index contributed by atoms with van der Waals surface area (Å²) in [6.07, 6.45) is 6.61. The molecule has 0 saturated heterocycles. The molecule has 1 aliphatic rings. The maximum absolute atomic E-state index is 13.1. The molecular weight excluding hydrogens is 470 g/mol. The number of thiophene rings is 1. The number of pyridine rings is 1. The number of hydrogen-bond acceptors (Lipinski definition) is 6. The van der Waals surface area contributed by atoms with Gasteiger partial charge in [-0.25, -0.2) is 0 Å². The van der Waals surface area contributed by atoms with Crippen LogP contribution in [0.2, 0.25) is 5.02 Å². The van der Waals surface area contributed by atoms with Crippen LogP contribution in [0.1, 0.15) is 79.2 Å². The Balaban J connectivity index is 1.69. The molecule has 1 saturated carbocycles. The predicted octanol–water partition coefficient (Wildman–Crippen LogP) is 5.38. The van der Waals surface area contributed by atoms with Crippen molar-refractivity contribution in [1.82, 2.24) is 15.6 Å². The fourth-order valence-corrected chi connectivity index (χ4v) is 5.20. The van der Waals surface area contributed by atoms with Gasteiger partial charge in [-0.05, 0) is 58.2 Å². The van der Waals surface area contributed by atoms with Crippen molar-refractivity contribution in [3.63, 3.8) is 0 Å². The fourth-order valence-electron chi connectivity index (χ4n) is 4.13. The zero-order valence-corrected chi connectivity index (χ0v) is 21.6. The number of halogens is 1. The minimum atomic E-state index is -1.000. The second-order valence-electron chi connectivity index (χ2n) is 9.49. The number of carbonyl (C=O) groups is 2. The molecule has 3 N–H and O–H groups in total. The minimum Gasteiger partial charge on any atom is -0.376 e. The molecule has 2 amide bonds. The molecule has 0 spiro atoms. The van der Waals surface area contributed by atoms with Crippen LogP contribution in [-0.2, 0) is 4.79 Å². The number of rotatable bonds is 9. The average Bonchev–Trinajstić information content (AvgIpc) is 3.48. The van der Waals surface area contributed by atoms with Crippen LogP contribution in [0.3, 0.4) is 0 Å². The molecule has 2 unspecified atom stereocenters. The number of nitrogens with one attached hydrogen (secondary N) is 3. The Morgan fingerprint density at radius 2 is 2.03 bits per heavy atom. The lowest BCUT2D eigenvalue weighted by Gasteiger charge is -2.25. The Morgan fingerprint density at radius 1 is 1.32 bits per heavy atom. The number of anilines is 1. The van der Waals surface area contributed by atoms with Gasteiger partial charge in [0, 0.05) is 11.1 Å². The van der Waals surface area contributed by atoms with Gasteiger partial charge >= 0.3 is 0 Å². The van der Waals surface area contributed by atoms with E-state index in [1.165, 1.54) is 11.3 Å². The number of aryl methyl sites for hydroxylation is 1. The maximum atomic E-state index is 13.1. The molecule has 0 aliphatic heterocycles. The molecule has 0 aromatic carbocycles. The van der Waals surface area contributed by atoms with Gasteiger partial charge in [0.25, 0.3) is 5.91 Å². The predicted molar refractivity (Wildman–Crippen MR) is 136 cm³/mol. The molecule has 2 heterocycles. The van der Waals surface area contributed by atoms with Gasteiger partial charge in [0.05, 0.1) is 33.4 Å². The Labute approximate surface area is 210 Å². The third-order valence-corrected chi connectivity index (χ3v) is 7.56. The van der Waals surface area contributed by atoms with Crippen LogP contribution in [0.15, 0.2) is 24.4 Å². The summed E-state index contributed by atoms with van der Waals surface area (Å²) in [7, 11) is 0. The second kappa shape index (κ2) is 11.2. The molecule has 1 fully saturated rings. The van der Waals surface area contributed by atoms with Crippen molar-refractivity contribution in [1.29, 1.82) is 5.26 Å². The van der Waals surface area contributed by atoms with Gasteiger partial charge in [0.1, 0.15) is 11.6 Å². The van der Waals surface area contributed by atoms with Crippen LogP contribution in [0, 0.1) is 24.2 Å². The third-order valence-electron chi connectivity index (χ3n) is 6.08. The van der Waals surface area contributed by atoms with Crippen molar-refractivity contribution in [2.24, 2.45) is 5.92 Å². The van der Waals surface area contributed by atoms with Crippen LogP contribution in [0.5, 0.6) is 0 Å². The molecule has 7 nitrogen and oxygen atoms in total. The van der Waals surface area contributed by atoms with E-state index in [1.807, 2.05) is 26.0 Å². The normalized spacial score (nSPS) is 15.9. The van der Waals surface area contributed by atoms with E-state index >= 15 is 0 Å². The number of carbonyl (C=O) groups excluding carboxylic acids is 2. The van der Waals surface area contributed by atoms with E-state index in [2.05, 4.69) is 27.0 Å². The lowest BCUT2D eigenvalue weighted by Crippen LogP contribution is -2.53. The van der Waals surface area contributed by atoms with Crippen molar-refractivity contribution in [2.75, 3.05) is 5.32 Å². The molecule has 3 rings (SSSR count). The topological polar surface area (TPSA) is 107 Å². The van der Waals surface area contributed by atoms with Crippen LogP contribution in [0.25, 0.3) is 0 Å². The molecule has 0 radical (unpaired) electrons. The van der Waals surface area contributed by atoms with Crippen molar-refractivity contribution >= 4 is 40.4 Å². The Hall–Kier alpha value is -2.63. The Morgan fingerprint density at radius 3 is 2.71 bits per heavy atom. The highest BCUT2D eigenvalue weighted by atomic mass is 35.5. The van der Waals surface area contributed by atoms with Gasteiger partial charge in [0.2, 0.25) is 5.91 Å². The molecule has 34 heavy (non-hydrogen) atoms. The lowest BCUT2D eigenvalue weighted by molar-refractivity contribution is -0.124. The third kappa shape index (κ3) is 6.94. The van der Waals surface area contributed by atoms with Crippen LogP contribution in [0.4, 0.5) is 5.69 Å². The fraction of sp³-hybridized carbons (Fsp3) is 0.520. The van der Waals surface area contributed by atoms with E-state index in [0.29, 0.717) is 22.2 Å². The van der Waals surface area contributed by atoms with Crippen LogP contribution in [-0.4, -0.2) is 28.4 Å². The van der Waals surface area contributed by atoms with Gasteiger partial charge < -0.3 is 16.0 Å². The first-order valence-electron chi connectivity index (χ1n) is 11.6. The summed E-state index contributed by atoms with van der Waals surface area (Å²) in [4.78, 5) is 31.8. The second-order valence-corrected chi connectivity index (χ2v) is 11.0. The van der Waals surface area contributed by atoms with Gasteiger partial charge in [-0.3, -0.25) is 14.6 Å². The first-order valence-corrected chi connectivity index (χ1v) is 12.8. The summed E-state index contributed by atoms with van der Waals surface area (Å²) in [6.45, 7) is 7.21. The smallest absolute Gasteiger partial charge is 0.262 e. The number of amides is 2. The SMILES string of the molecule is Cc1ncc(Cl)cc1NC(C)c1ccc(C(=O)NC(CC2CCCC2)C(=O)NC(C)(C)C#N)s1. The summed E-state index contributed by atoms with van der Waals surface area (Å²) in [5.41, 5.74) is 0.680. The summed E-state index contributed by atoms with van der Waals surface area (Å²) in [6, 6.07) is 6.87. The first kappa shape index (κ1) is 26.0. The monoisotopic (exact) mass is 501 g/mol. The van der Waals surface area contributed by atoms with Crippen molar-refractivity contribution in [2.45, 2.75) is 77.4 Å². The van der Waals surface area contributed by atoms with E-state index in [-0.39, 0.29) is 17.9 Å². The van der Waals surface area contributed by atoms with Gasteiger partial charge in [-0.15, -0.1) is 11.3 Å². The zero-order chi connectivity index (χ0) is 24.9. The summed E-state index contributed by atoms with van der Waals surface area (Å²) in [5, 5.41) is 18.9. The van der Waals surface area contributed by atoms with E-state index in [4.69, 9.17) is 11.6 Å². The lowest BCUT2D eigenvalue weighted by atomic mass is 9.96. The highest BCUT2D eigenvalue weighted by Gasteiger charge is 2.30. The van der Waals surface area contributed by atoms with Crippen molar-refractivity contribution in [3.05, 3.63) is 44.9 Å². The largest absolute Gasteiger partial charge is 0.376 e. The zero-order valence-electron chi connectivity index (χ0n) is 20.1. The quantitative estimate of drug-likeness (QED) is 0.428. The Bertz CT molecular complexity index is 1070. The van der Waals surface area contributed by atoms with Crippen LogP contribution >= 0.6 is 22.9 Å². The molecule has 2 aromatic heterocycles. The molecule has 0 bridgehead atoms. The standard InChI is InChI=1S/C25H32ClN5O2S/c1-15-19(12-18(26)13-28-15)29-16(2)21-9-10-22(34-21)24(33)30-20(11-17-7-5-6-8-17)23(32)31-25(3,4)14-27/h9-10,12-13,16-17,20,29H,5-8,11H2,1-4H3,(H,30,33)(H,31,32). The molecular formula is C25H32ClN5O2S. The van der Waals surface area contributed by atoms with Gasteiger partial charge in [-0.1, -0.05) is 37.3 Å².